The molecule has 0 aliphatic carbocycles. The van der Waals surface area contributed by atoms with Crippen LogP contribution in [0, 0.1) is 20.8 Å². The minimum Gasteiger partial charge on any atom is -0.495 e. The molecule has 0 fully saturated rings. The number of hydrogen-bond donors (Lipinski definition) is 1. The zero-order valence-corrected chi connectivity index (χ0v) is 26.2. The Morgan fingerprint density at radius 1 is 1.12 bits per heavy atom. The number of anilines is 1. The standard InChI is InChI=1S/C32H38N2O7S/c1-17-22-10-9-13-40-24(22)12-11-23(17)25-18(2)27-28-20(14-21(39-7)15-33-28)16-34(42(8,37)38)29(27)19(3)26(25)30(31(35)36)41-32(4,5)6/h11-12,14-15,30H,9-10,13,16H2,1-8H3,(H,35,36)/t30-/m0/s1. The minimum atomic E-state index is -3.78. The van der Waals surface area contributed by atoms with Crippen molar-refractivity contribution < 1.29 is 32.5 Å². The van der Waals surface area contributed by atoms with Gasteiger partial charge in [0.15, 0.2) is 6.10 Å². The SMILES string of the molecule is COc1cnc2c(c1)CN(S(C)(=O)=O)c1c(C)c([C@H](OC(C)(C)C)C(=O)O)c(-c3ccc4c(c3C)CCCO4)c(C)c1-2. The lowest BCUT2D eigenvalue weighted by Crippen LogP contribution is -2.35. The quantitative estimate of drug-likeness (QED) is 0.375. The third-order valence-electron chi connectivity index (χ3n) is 8.00. The predicted octanol–water partition coefficient (Wildman–Crippen LogP) is 5.89. The van der Waals surface area contributed by atoms with E-state index in [4.69, 9.17) is 19.2 Å². The lowest BCUT2D eigenvalue weighted by atomic mass is 9.79. The van der Waals surface area contributed by atoms with E-state index >= 15 is 0 Å². The van der Waals surface area contributed by atoms with Crippen molar-refractivity contribution in [2.75, 3.05) is 24.3 Å². The van der Waals surface area contributed by atoms with Crippen molar-refractivity contribution in [2.45, 2.75) is 72.6 Å². The van der Waals surface area contributed by atoms with Crippen LogP contribution >= 0.6 is 0 Å². The van der Waals surface area contributed by atoms with E-state index in [-0.39, 0.29) is 6.54 Å². The Labute approximate surface area is 247 Å². The highest BCUT2D eigenvalue weighted by atomic mass is 32.2. The van der Waals surface area contributed by atoms with Gasteiger partial charge in [-0.3, -0.25) is 9.29 Å². The Bertz CT molecular complexity index is 1710. The molecular formula is C32H38N2O7S. The number of methoxy groups -OCH3 is 1. The van der Waals surface area contributed by atoms with Crippen molar-refractivity contribution in [1.82, 2.24) is 4.98 Å². The highest BCUT2D eigenvalue weighted by Gasteiger charge is 2.39. The lowest BCUT2D eigenvalue weighted by Gasteiger charge is -2.37. The largest absolute Gasteiger partial charge is 0.495 e. The van der Waals surface area contributed by atoms with E-state index < -0.39 is 27.7 Å². The highest BCUT2D eigenvalue weighted by Crippen LogP contribution is 2.52. The Balaban J connectivity index is 1.96. The van der Waals surface area contributed by atoms with Crippen molar-refractivity contribution in [3.8, 4) is 33.9 Å². The van der Waals surface area contributed by atoms with Crippen LogP contribution in [0.5, 0.6) is 11.5 Å². The van der Waals surface area contributed by atoms with Gasteiger partial charge in [0.05, 0.1) is 49.7 Å². The first kappa shape index (κ1) is 29.8. The van der Waals surface area contributed by atoms with Gasteiger partial charge >= 0.3 is 5.97 Å². The van der Waals surface area contributed by atoms with Crippen LogP contribution in [-0.4, -0.2) is 50.1 Å². The maximum atomic E-state index is 13.3. The molecule has 10 heteroatoms. The molecule has 0 spiro atoms. The Hall–Kier alpha value is -3.63. The van der Waals surface area contributed by atoms with Gasteiger partial charge in [0.25, 0.3) is 0 Å². The second kappa shape index (κ2) is 10.6. The van der Waals surface area contributed by atoms with E-state index in [9.17, 15) is 18.3 Å². The zero-order valence-electron chi connectivity index (χ0n) is 25.4. The molecule has 5 rings (SSSR count). The van der Waals surface area contributed by atoms with Gasteiger partial charge < -0.3 is 19.3 Å². The normalized spacial score (nSPS) is 15.3. The molecule has 224 valence electrons. The molecule has 9 nitrogen and oxygen atoms in total. The molecule has 3 aromatic rings. The number of rotatable bonds is 6. The molecule has 0 saturated carbocycles. The molecule has 42 heavy (non-hydrogen) atoms. The molecule has 1 aromatic heterocycles. The maximum absolute atomic E-state index is 13.3. The number of carboxylic acid groups (broad SMARTS) is 1. The molecule has 2 aromatic carbocycles. The monoisotopic (exact) mass is 594 g/mol. The van der Waals surface area contributed by atoms with E-state index in [1.54, 1.807) is 40.0 Å². The Morgan fingerprint density at radius 2 is 1.83 bits per heavy atom. The molecular weight excluding hydrogens is 556 g/mol. The average molecular weight is 595 g/mol. The number of fused-ring (bicyclic) bond motifs is 4. The van der Waals surface area contributed by atoms with Gasteiger partial charge in [0.1, 0.15) is 11.5 Å². The van der Waals surface area contributed by atoms with Crippen LogP contribution in [0.15, 0.2) is 24.4 Å². The number of aliphatic carboxylic acids is 1. The summed E-state index contributed by atoms with van der Waals surface area (Å²) in [5.74, 6) is 0.198. The molecule has 0 amide bonds. The fourth-order valence-electron chi connectivity index (χ4n) is 6.21. The van der Waals surface area contributed by atoms with Crippen LogP contribution in [0.3, 0.4) is 0 Å². The van der Waals surface area contributed by atoms with Gasteiger partial charge in [-0.25, -0.2) is 13.2 Å². The fraction of sp³-hybridized carbons (Fsp3) is 0.438. The molecule has 2 aliphatic rings. The number of sulfonamides is 1. The molecule has 2 aliphatic heterocycles. The Kier molecular flexibility index (Phi) is 7.52. The van der Waals surface area contributed by atoms with Crippen LogP contribution in [0.4, 0.5) is 5.69 Å². The summed E-state index contributed by atoms with van der Waals surface area (Å²) in [5.41, 5.74) is 6.92. The minimum absolute atomic E-state index is 0.0392. The molecule has 0 unspecified atom stereocenters. The van der Waals surface area contributed by atoms with E-state index in [1.807, 2.05) is 26.0 Å². The van der Waals surface area contributed by atoms with Crippen LogP contribution in [0.25, 0.3) is 22.4 Å². The van der Waals surface area contributed by atoms with Gasteiger partial charge in [0, 0.05) is 16.7 Å². The smallest absolute Gasteiger partial charge is 0.337 e. The fourth-order valence-corrected chi connectivity index (χ4v) is 7.15. The van der Waals surface area contributed by atoms with Crippen LogP contribution < -0.4 is 13.8 Å². The zero-order chi connectivity index (χ0) is 30.7. The average Bonchev–Trinajstić information content (AvgIpc) is 2.92. The molecule has 0 radical (unpaired) electrons. The van der Waals surface area contributed by atoms with Gasteiger partial charge in [-0.1, -0.05) is 6.07 Å². The van der Waals surface area contributed by atoms with Crippen molar-refractivity contribution in [1.29, 1.82) is 0 Å². The predicted molar refractivity (Wildman–Crippen MR) is 162 cm³/mol. The number of aromatic nitrogens is 1. The number of carboxylic acids is 1. The third kappa shape index (κ3) is 5.11. The van der Waals surface area contributed by atoms with Crippen molar-refractivity contribution >= 4 is 21.7 Å². The number of benzene rings is 2. The van der Waals surface area contributed by atoms with E-state index in [0.29, 0.717) is 51.6 Å². The van der Waals surface area contributed by atoms with Crippen molar-refractivity contribution in [3.05, 3.63) is 57.8 Å². The van der Waals surface area contributed by atoms with E-state index in [2.05, 4.69) is 0 Å². The second-order valence-corrected chi connectivity index (χ2v) is 13.9. The first-order chi connectivity index (χ1) is 19.6. The Morgan fingerprint density at radius 3 is 2.45 bits per heavy atom. The van der Waals surface area contributed by atoms with Crippen LogP contribution in [0.2, 0.25) is 0 Å². The first-order valence-corrected chi connectivity index (χ1v) is 15.8. The summed E-state index contributed by atoms with van der Waals surface area (Å²) in [4.78, 5) is 17.7. The van der Waals surface area contributed by atoms with Gasteiger partial charge in [-0.05, 0) is 99.9 Å². The van der Waals surface area contributed by atoms with Crippen molar-refractivity contribution in [2.24, 2.45) is 0 Å². The number of ether oxygens (including phenoxy) is 3. The third-order valence-corrected chi connectivity index (χ3v) is 9.12. The number of carbonyl (C=O) groups is 1. The van der Waals surface area contributed by atoms with Crippen LogP contribution in [-0.2, 0) is 32.5 Å². The first-order valence-electron chi connectivity index (χ1n) is 14.0. The van der Waals surface area contributed by atoms with Crippen molar-refractivity contribution in [3.63, 3.8) is 0 Å². The summed E-state index contributed by atoms with van der Waals surface area (Å²) in [5, 5.41) is 10.6. The second-order valence-electron chi connectivity index (χ2n) is 12.0. The molecule has 3 heterocycles. The number of nitrogens with zero attached hydrogens (tertiary/aromatic N) is 2. The van der Waals surface area contributed by atoms with Gasteiger partial charge in [-0.2, -0.15) is 0 Å². The summed E-state index contributed by atoms with van der Waals surface area (Å²) >= 11 is 0. The maximum Gasteiger partial charge on any atom is 0.337 e. The highest BCUT2D eigenvalue weighted by molar-refractivity contribution is 7.92. The van der Waals surface area contributed by atoms with E-state index in [1.165, 1.54) is 11.4 Å². The summed E-state index contributed by atoms with van der Waals surface area (Å²) in [6.45, 7) is 11.8. The topological polar surface area (TPSA) is 115 Å². The molecule has 0 bridgehead atoms. The van der Waals surface area contributed by atoms with Gasteiger partial charge in [-0.15, -0.1) is 0 Å². The van der Waals surface area contributed by atoms with Crippen LogP contribution in [0.1, 0.15) is 66.7 Å². The molecule has 1 atom stereocenters. The summed E-state index contributed by atoms with van der Waals surface area (Å²) in [6.07, 6.45) is 3.15. The number of pyridine rings is 1. The summed E-state index contributed by atoms with van der Waals surface area (Å²) in [6, 6.07) is 5.71. The number of hydrogen-bond acceptors (Lipinski definition) is 7. The summed E-state index contributed by atoms with van der Waals surface area (Å²) < 4.78 is 45.5. The molecule has 0 saturated heterocycles. The lowest BCUT2D eigenvalue weighted by molar-refractivity contribution is -0.160. The van der Waals surface area contributed by atoms with E-state index in [0.717, 1.165) is 47.1 Å². The molecule has 1 N–H and O–H groups in total. The summed E-state index contributed by atoms with van der Waals surface area (Å²) in [7, 11) is -2.24. The van der Waals surface area contributed by atoms with Gasteiger partial charge in [0.2, 0.25) is 10.0 Å².